The molecular weight excluding hydrogens is 262 g/mol. The number of aromatic nitrogens is 1. The Morgan fingerprint density at radius 3 is 1.57 bits per heavy atom. The zero-order chi connectivity index (χ0) is 15.6. The Morgan fingerprint density at radius 2 is 1.19 bits per heavy atom. The lowest BCUT2D eigenvalue weighted by atomic mass is 9.72. The number of rotatable bonds is 0. The molecule has 2 aliphatic carbocycles. The highest BCUT2D eigenvalue weighted by Gasteiger charge is 2.42. The van der Waals surface area contributed by atoms with E-state index in [1.165, 1.54) is 0 Å². The van der Waals surface area contributed by atoms with Crippen LogP contribution in [-0.4, -0.2) is 11.6 Å². The van der Waals surface area contributed by atoms with E-state index in [0.717, 1.165) is 35.4 Å². The van der Waals surface area contributed by atoms with Crippen molar-refractivity contribution in [2.45, 2.75) is 53.4 Å². The molecule has 21 heavy (non-hydrogen) atoms. The Bertz CT molecular complexity index is 614. The van der Waals surface area contributed by atoms with Crippen molar-refractivity contribution in [3.8, 4) is 0 Å². The van der Waals surface area contributed by atoms with Crippen molar-refractivity contribution in [3.05, 3.63) is 28.6 Å². The van der Waals surface area contributed by atoms with Crippen LogP contribution in [-0.2, 0) is 19.9 Å². The molecule has 1 aromatic rings. The fourth-order valence-electron chi connectivity index (χ4n) is 3.84. The summed E-state index contributed by atoms with van der Waals surface area (Å²) in [7, 11) is 2.01. The lowest BCUT2D eigenvalue weighted by molar-refractivity contribution is -0.688. The van der Waals surface area contributed by atoms with Crippen molar-refractivity contribution < 1.29 is 14.2 Å². The monoisotopic (exact) mass is 286 g/mol. The molecule has 1 heterocycles. The summed E-state index contributed by atoms with van der Waals surface area (Å²) in [6.07, 6.45) is 2.93. The SMILES string of the molecule is C[n+]1c2c(cc3c1CC(C)(C)CC3=O)C(=O)CC(C)(C)C2. The third kappa shape index (κ3) is 2.33. The van der Waals surface area contributed by atoms with Crippen LogP contribution in [0.15, 0.2) is 6.07 Å². The molecule has 0 N–H and O–H groups in total. The van der Waals surface area contributed by atoms with Crippen LogP contribution in [0.2, 0.25) is 0 Å². The summed E-state index contributed by atoms with van der Waals surface area (Å²) in [5.74, 6) is 0.356. The summed E-state index contributed by atoms with van der Waals surface area (Å²) >= 11 is 0. The highest BCUT2D eigenvalue weighted by molar-refractivity contribution is 6.03. The molecule has 0 bridgehead atoms. The van der Waals surface area contributed by atoms with Crippen LogP contribution >= 0.6 is 0 Å². The molecule has 112 valence electrons. The molecule has 0 aromatic carbocycles. The number of fused-ring (bicyclic) bond motifs is 2. The molecule has 0 atom stereocenters. The van der Waals surface area contributed by atoms with E-state index < -0.39 is 0 Å². The summed E-state index contributed by atoms with van der Waals surface area (Å²) in [5, 5.41) is 0. The third-order valence-electron chi connectivity index (χ3n) is 4.89. The van der Waals surface area contributed by atoms with Crippen LogP contribution in [0.25, 0.3) is 0 Å². The third-order valence-corrected chi connectivity index (χ3v) is 4.89. The first-order valence-corrected chi connectivity index (χ1v) is 7.71. The number of Topliss-reactive ketones (excluding diaryl/α,β-unsaturated/α-hetero) is 2. The fourth-order valence-corrected chi connectivity index (χ4v) is 3.84. The maximum absolute atomic E-state index is 12.4. The molecule has 0 fully saturated rings. The van der Waals surface area contributed by atoms with Crippen molar-refractivity contribution in [3.63, 3.8) is 0 Å². The van der Waals surface area contributed by atoms with Gasteiger partial charge in [0.2, 0.25) is 0 Å². The molecule has 0 spiro atoms. The second-order valence-corrected chi connectivity index (χ2v) is 8.31. The van der Waals surface area contributed by atoms with Gasteiger partial charge in [0.1, 0.15) is 7.05 Å². The Hall–Kier alpha value is -1.51. The average Bonchev–Trinajstić information content (AvgIpc) is 2.30. The summed E-state index contributed by atoms with van der Waals surface area (Å²) in [6, 6.07) is 1.87. The van der Waals surface area contributed by atoms with Gasteiger partial charge in [-0.3, -0.25) is 9.59 Å². The van der Waals surface area contributed by atoms with Gasteiger partial charge < -0.3 is 0 Å². The number of ketones is 2. The topological polar surface area (TPSA) is 38.0 Å². The zero-order valence-corrected chi connectivity index (χ0v) is 13.7. The number of hydrogen-bond donors (Lipinski definition) is 0. The van der Waals surface area contributed by atoms with E-state index in [2.05, 4.69) is 32.3 Å². The normalized spacial score (nSPS) is 22.7. The van der Waals surface area contributed by atoms with Crippen LogP contribution in [0.3, 0.4) is 0 Å². The van der Waals surface area contributed by atoms with Crippen molar-refractivity contribution >= 4 is 11.6 Å². The van der Waals surface area contributed by atoms with Crippen LogP contribution in [0.1, 0.15) is 72.6 Å². The lowest BCUT2D eigenvalue weighted by Gasteiger charge is -2.32. The predicted octanol–water partition coefficient (Wildman–Crippen LogP) is 2.82. The summed E-state index contributed by atoms with van der Waals surface area (Å²) in [4.78, 5) is 24.9. The molecule has 0 aliphatic heterocycles. The van der Waals surface area contributed by atoms with Crippen LogP contribution in [0.5, 0.6) is 0 Å². The fraction of sp³-hybridized carbons (Fsp3) is 0.611. The first kappa shape index (κ1) is 14.4. The molecule has 1 aromatic heterocycles. The van der Waals surface area contributed by atoms with Crippen molar-refractivity contribution in [1.29, 1.82) is 0 Å². The van der Waals surface area contributed by atoms with Gasteiger partial charge >= 0.3 is 0 Å². The van der Waals surface area contributed by atoms with Gasteiger partial charge in [-0.2, -0.15) is 0 Å². The maximum atomic E-state index is 12.4. The van der Waals surface area contributed by atoms with Crippen molar-refractivity contribution in [2.75, 3.05) is 0 Å². The van der Waals surface area contributed by atoms with Gasteiger partial charge in [0, 0.05) is 25.7 Å². The molecule has 3 heteroatoms. The van der Waals surface area contributed by atoms with Crippen molar-refractivity contribution in [2.24, 2.45) is 17.9 Å². The Morgan fingerprint density at radius 1 is 0.810 bits per heavy atom. The lowest BCUT2D eigenvalue weighted by Crippen LogP contribution is -2.49. The first-order chi connectivity index (χ1) is 9.60. The Labute approximate surface area is 126 Å². The number of pyridine rings is 1. The van der Waals surface area contributed by atoms with E-state index in [0.29, 0.717) is 12.8 Å². The van der Waals surface area contributed by atoms with E-state index in [1.54, 1.807) is 0 Å². The number of nitrogens with zero attached hydrogens (tertiary/aromatic N) is 1. The molecule has 3 rings (SSSR count). The van der Waals surface area contributed by atoms with Gasteiger partial charge in [0.25, 0.3) is 0 Å². The smallest absolute Gasteiger partial charge is 0.192 e. The molecule has 0 radical (unpaired) electrons. The quantitative estimate of drug-likeness (QED) is 0.688. The Kier molecular flexibility index (Phi) is 2.92. The molecule has 0 amide bonds. The van der Waals surface area contributed by atoms with Gasteiger partial charge in [0.15, 0.2) is 23.0 Å². The van der Waals surface area contributed by atoms with Crippen LogP contribution in [0.4, 0.5) is 0 Å². The van der Waals surface area contributed by atoms with Gasteiger partial charge in [-0.1, -0.05) is 27.7 Å². The van der Waals surface area contributed by atoms with Gasteiger partial charge in [0.05, 0.1) is 11.1 Å². The maximum Gasteiger partial charge on any atom is 0.192 e. The minimum Gasteiger partial charge on any atom is -0.294 e. The number of carbonyl (C=O) groups excluding carboxylic acids is 2. The van der Waals surface area contributed by atoms with Crippen molar-refractivity contribution in [1.82, 2.24) is 0 Å². The Balaban J connectivity index is 2.23. The van der Waals surface area contributed by atoms with E-state index in [4.69, 9.17) is 0 Å². The zero-order valence-electron chi connectivity index (χ0n) is 13.7. The second kappa shape index (κ2) is 4.25. The van der Waals surface area contributed by atoms with E-state index in [1.807, 2.05) is 13.1 Å². The molecule has 0 saturated carbocycles. The standard InChI is InChI=1S/C18H24NO2/c1-17(2)7-13-11(15(20)9-17)6-12-14(19(13)5)8-18(3,4)10-16(12)21/h6H,7-10H2,1-5H3/q+1. The molecule has 3 nitrogen and oxygen atoms in total. The number of carbonyl (C=O) groups is 2. The van der Waals surface area contributed by atoms with Gasteiger partial charge in [-0.05, 0) is 16.9 Å². The predicted molar refractivity (Wildman–Crippen MR) is 80.5 cm³/mol. The molecular formula is C18H24NO2+. The molecule has 0 saturated heterocycles. The number of hydrogen-bond acceptors (Lipinski definition) is 2. The van der Waals surface area contributed by atoms with E-state index in [9.17, 15) is 9.59 Å². The van der Waals surface area contributed by atoms with E-state index >= 15 is 0 Å². The van der Waals surface area contributed by atoms with Crippen LogP contribution < -0.4 is 4.57 Å². The van der Waals surface area contributed by atoms with Gasteiger partial charge in [-0.25, -0.2) is 4.57 Å². The summed E-state index contributed by atoms with van der Waals surface area (Å²) in [6.45, 7) is 8.56. The second-order valence-electron chi connectivity index (χ2n) is 8.31. The molecule has 2 aliphatic rings. The van der Waals surface area contributed by atoms with Crippen LogP contribution in [0, 0.1) is 10.8 Å². The average molecular weight is 286 g/mol. The summed E-state index contributed by atoms with van der Waals surface area (Å²) < 4.78 is 2.13. The highest BCUT2D eigenvalue weighted by atomic mass is 16.1. The largest absolute Gasteiger partial charge is 0.294 e. The summed E-state index contributed by atoms with van der Waals surface area (Å²) in [5.41, 5.74) is 3.74. The highest BCUT2D eigenvalue weighted by Crippen LogP contribution is 2.37. The first-order valence-electron chi connectivity index (χ1n) is 7.71. The van der Waals surface area contributed by atoms with E-state index in [-0.39, 0.29) is 22.4 Å². The minimum absolute atomic E-state index is 0.00424. The minimum atomic E-state index is 0.00424. The van der Waals surface area contributed by atoms with Gasteiger partial charge in [-0.15, -0.1) is 0 Å². The molecule has 0 unspecified atom stereocenters.